The summed E-state index contributed by atoms with van der Waals surface area (Å²) in [7, 11) is 0. The van der Waals surface area contributed by atoms with Crippen LogP contribution >= 0.6 is 11.3 Å². The van der Waals surface area contributed by atoms with Gasteiger partial charge in [-0.1, -0.05) is 6.07 Å². The van der Waals surface area contributed by atoms with Gasteiger partial charge < -0.3 is 5.11 Å². The molecule has 3 nitrogen and oxygen atoms in total. The summed E-state index contributed by atoms with van der Waals surface area (Å²) in [5, 5.41) is 14.2. The van der Waals surface area contributed by atoms with Crippen molar-refractivity contribution in [1.29, 1.82) is 0 Å². The van der Waals surface area contributed by atoms with Gasteiger partial charge >= 0.3 is 5.97 Å². The number of rotatable bonds is 2. The summed E-state index contributed by atoms with van der Waals surface area (Å²) >= 11 is 1.50. The summed E-state index contributed by atoms with van der Waals surface area (Å²) in [6, 6.07) is 3.78. The third kappa shape index (κ3) is 1.26. The Labute approximate surface area is 80.4 Å². The highest BCUT2D eigenvalue weighted by molar-refractivity contribution is 7.10. The molecule has 13 heavy (non-hydrogen) atoms. The van der Waals surface area contributed by atoms with E-state index >= 15 is 0 Å². The number of carbonyl (C=O) groups is 1. The van der Waals surface area contributed by atoms with Crippen LogP contribution in [-0.2, 0) is 10.3 Å². The maximum absolute atomic E-state index is 11.2. The molecule has 0 aromatic carbocycles. The Kier molecular flexibility index (Phi) is 2.09. The van der Waals surface area contributed by atoms with Crippen LogP contribution in [0, 0.1) is 0 Å². The Balaban J connectivity index is 2.39. The van der Waals surface area contributed by atoms with Crippen LogP contribution in [0.3, 0.4) is 0 Å². The number of carboxylic acid groups (broad SMARTS) is 1. The molecule has 0 bridgehead atoms. The largest absolute Gasteiger partial charge is 0.480 e. The number of nitrogens with one attached hydrogen (secondary N) is 1. The lowest BCUT2D eigenvalue weighted by atomic mass is 9.96. The van der Waals surface area contributed by atoms with Crippen LogP contribution in [0.1, 0.15) is 17.7 Å². The fourth-order valence-corrected chi connectivity index (χ4v) is 2.69. The second-order valence-electron chi connectivity index (χ2n) is 3.22. The van der Waals surface area contributed by atoms with Gasteiger partial charge in [0.2, 0.25) is 0 Å². The van der Waals surface area contributed by atoms with Crippen molar-refractivity contribution in [2.45, 2.75) is 18.4 Å². The molecule has 1 aromatic rings. The minimum absolute atomic E-state index is 0.697. The number of aliphatic carboxylic acids is 1. The topological polar surface area (TPSA) is 49.3 Å². The van der Waals surface area contributed by atoms with Gasteiger partial charge in [0.1, 0.15) is 0 Å². The molecule has 0 unspecified atom stereocenters. The van der Waals surface area contributed by atoms with Crippen LogP contribution in [0.5, 0.6) is 0 Å². The third-order valence-electron chi connectivity index (χ3n) is 2.46. The second-order valence-corrected chi connectivity index (χ2v) is 4.17. The highest BCUT2D eigenvalue weighted by Gasteiger charge is 2.43. The summed E-state index contributed by atoms with van der Waals surface area (Å²) in [6.07, 6.45) is 1.63. The number of carboxylic acids is 1. The van der Waals surface area contributed by atoms with Crippen LogP contribution in [0.4, 0.5) is 0 Å². The Hall–Kier alpha value is -0.870. The van der Waals surface area contributed by atoms with Gasteiger partial charge in [-0.15, -0.1) is 11.3 Å². The molecular weight excluding hydrogens is 186 g/mol. The molecule has 1 aromatic heterocycles. The molecule has 0 saturated carbocycles. The van der Waals surface area contributed by atoms with Crippen LogP contribution in [0.2, 0.25) is 0 Å². The summed E-state index contributed by atoms with van der Waals surface area (Å²) in [4.78, 5) is 12.1. The second kappa shape index (κ2) is 3.12. The van der Waals surface area contributed by atoms with E-state index in [1.54, 1.807) is 0 Å². The normalized spacial score (nSPS) is 27.7. The summed E-state index contributed by atoms with van der Waals surface area (Å²) in [6.45, 7) is 0.796. The molecule has 0 aliphatic carbocycles. The minimum Gasteiger partial charge on any atom is -0.480 e. The highest BCUT2D eigenvalue weighted by atomic mass is 32.1. The SMILES string of the molecule is O=C(O)[C@@]1(c2cccs2)CCCN1. The summed E-state index contributed by atoms with van der Waals surface area (Å²) < 4.78 is 0. The highest BCUT2D eigenvalue weighted by Crippen LogP contribution is 2.33. The average Bonchev–Trinajstić information content (AvgIpc) is 2.75. The van der Waals surface area contributed by atoms with Crippen molar-refractivity contribution in [2.75, 3.05) is 6.54 Å². The Morgan fingerprint density at radius 1 is 1.69 bits per heavy atom. The zero-order chi connectivity index (χ0) is 9.31. The fourth-order valence-electron chi connectivity index (χ4n) is 1.76. The molecule has 1 aliphatic heterocycles. The summed E-state index contributed by atoms with van der Waals surface area (Å²) in [5.74, 6) is -0.757. The maximum atomic E-state index is 11.2. The molecule has 0 radical (unpaired) electrons. The van der Waals surface area contributed by atoms with Gasteiger partial charge in [-0.2, -0.15) is 0 Å². The Bertz CT molecular complexity index is 301. The van der Waals surface area contributed by atoms with Crippen molar-refractivity contribution < 1.29 is 9.90 Å². The quantitative estimate of drug-likeness (QED) is 0.753. The van der Waals surface area contributed by atoms with Gasteiger partial charge in [-0.3, -0.25) is 5.32 Å². The maximum Gasteiger partial charge on any atom is 0.329 e. The lowest BCUT2D eigenvalue weighted by Gasteiger charge is -2.22. The van der Waals surface area contributed by atoms with Gasteiger partial charge in [0.05, 0.1) is 0 Å². The van der Waals surface area contributed by atoms with Crippen molar-refractivity contribution in [1.82, 2.24) is 5.32 Å². The molecule has 2 heterocycles. The van der Waals surface area contributed by atoms with E-state index in [-0.39, 0.29) is 0 Å². The van der Waals surface area contributed by atoms with E-state index in [9.17, 15) is 9.90 Å². The standard InChI is InChI=1S/C9H11NO2S/c11-8(12)9(4-2-5-10-9)7-3-1-6-13-7/h1,3,6,10H,2,4-5H2,(H,11,12)/t9-/m0/s1. The van der Waals surface area contributed by atoms with Crippen molar-refractivity contribution in [3.63, 3.8) is 0 Å². The van der Waals surface area contributed by atoms with Crippen molar-refractivity contribution in [2.24, 2.45) is 0 Å². The van der Waals surface area contributed by atoms with Crippen LogP contribution in [-0.4, -0.2) is 17.6 Å². The predicted octanol–water partition coefficient (Wildman–Crippen LogP) is 1.41. The van der Waals surface area contributed by atoms with Gasteiger partial charge in [-0.05, 0) is 30.8 Å². The van der Waals surface area contributed by atoms with E-state index in [0.29, 0.717) is 6.42 Å². The first-order valence-corrected chi connectivity index (χ1v) is 5.16. The van der Waals surface area contributed by atoms with Crippen LogP contribution in [0.15, 0.2) is 17.5 Å². The molecule has 0 spiro atoms. The van der Waals surface area contributed by atoms with Crippen molar-refractivity contribution >= 4 is 17.3 Å². The van der Waals surface area contributed by atoms with Gasteiger partial charge in [0.25, 0.3) is 0 Å². The fraction of sp³-hybridized carbons (Fsp3) is 0.444. The number of thiophene rings is 1. The first-order valence-electron chi connectivity index (χ1n) is 4.28. The minimum atomic E-state index is -0.797. The zero-order valence-electron chi connectivity index (χ0n) is 7.12. The van der Waals surface area contributed by atoms with E-state index in [4.69, 9.17) is 0 Å². The third-order valence-corrected chi connectivity index (χ3v) is 3.49. The van der Waals surface area contributed by atoms with Crippen molar-refractivity contribution in [3.8, 4) is 0 Å². The molecule has 70 valence electrons. The average molecular weight is 197 g/mol. The van der Waals surface area contributed by atoms with E-state index < -0.39 is 11.5 Å². The molecule has 1 atom stereocenters. The molecule has 2 rings (SSSR count). The van der Waals surface area contributed by atoms with E-state index in [0.717, 1.165) is 17.8 Å². The lowest BCUT2D eigenvalue weighted by Crippen LogP contribution is -2.43. The zero-order valence-corrected chi connectivity index (χ0v) is 7.93. The summed E-state index contributed by atoms with van der Waals surface area (Å²) in [5.41, 5.74) is -0.797. The Morgan fingerprint density at radius 3 is 3.00 bits per heavy atom. The molecule has 1 saturated heterocycles. The van der Waals surface area contributed by atoms with Crippen LogP contribution in [0.25, 0.3) is 0 Å². The van der Waals surface area contributed by atoms with Crippen molar-refractivity contribution in [3.05, 3.63) is 22.4 Å². The molecular formula is C9H11NO2S. The lowest BCUT2D eigenvalue weighted by molar-refractivity contribution is -0.144. The van der Waals surface area contributed by atoms with Gasteiger partial charge in [0, 0.05) is 4.88 Å². The molecule has 1 aliphatic rings. The molecule has 2 N–H and O–H groups in total. The van der Waals surface area contributed by atoms with E-state index in [1.807, 2.05) is 17.5 Å². The molecule has 1 fully saturated rings. The van der Waals surface area contributed by atoms with E-state index in [1.165, 1.54) is 11.3 Å². The van der Waals surface area contributed by atoms with Gasteiger partial charge in [0.15, 0.2) is 5.54 Å². The monoisotopic (exact) mass is 197 g/mol. The number of hydrogen-bond acceptors (Lipinski definition) is 3. The predicted molar refractivity (Wildman–Crippen MR) is 50.9 cm³/mol. The van der Waals surface area contributed by atoms with Crippen LogP contribution < -0.4 is 5.32 Å². The molecule has 4 heteroatoms. The van der Waals surface area contributed by atoms with E-state index in [2.05, 4.69) is 5.32 Å². The first kappa shape index (κ1) is 8.72. The number of hydrogen-bond donors (Lipinski definition) is 2. The Morgan fingerprint density at radius 2 is 2.54 bits per heavy atom. The smallest absolute Gasteiger partial charge is 0.329 e. The molecule has 0 amide bonds. The van der Waals surface area contributed by atoms with Gasteiger partial charge in [-0.25, -0.2) is 4.79 Å². The first-order chi connectivity index (χ1) is 6.26.